The summed E-state index contributed by atoms with van der Waals surface area (Å²) < 4.78 is 13.4. The maximum atomic E-state index is 13.4. The molecule has 2 N–H and O–H groups in total. The van der Waals surface area contributed by atoms with E-state index in [0.717, 1.165) is 40.0 Å². The highest BCUT2D eigenvalue weighted by atomic mass is 35.5. The molecule has 0 saturated heterocycles. The smallest absolute Gasteiger partial charge is 0.170 e. The predicted octanol–water partition coefficient (Wildman–Crippen LogP) is 7.21. The minimum atomic E-state index is -0.199. The van der Waals surface area contributed by atoms with Crippen LogP contribution in [0.4, 0.5) is 10.1 Å². The Bertz CT molecular complexity index is 1030. The lowest BCUT2D eigenvalue weighted by molar-refractivity contribution is 0.292. The molecule has 2 aromatic carbocycles. The van der Waals surface area contributed by atoms with Crippen LogP contribution in [0.3, 0.4) is 0 Å². The summed E-state index contributed by atoms with van der Waals surface area (Å²) in [6.07, 6.45) is 7.53. The summed E-state index contributed by atoms with van der Waals surface area (Å²) in [5, 5.41) is 8.81. The van der Waals surface area contributed by atoms with Crippen LogP contribution < -0.4 is 10.6 Å². The van der Waals surface area contributed by atoms with Crippen LogP contribution in [-0.4, -0.2) is 16.6 Å². The first-order valence-electron chi connectivity index (χ1n) is 10.7. The number of nitrogens with zero attached hydrogens (tertiary/aromatic N) is 1. The van der Waals surface area contributed by atoms with Crippen molar-refractivity contribution in [3.8, 4) is 0 Å². The Labute approximate surface area is 203 Å². The Morgan fingerprint density at radius 2 is 1.72 bits per heavy atom. The molecule has 0 bridgehead atoms. The number of hydrogen-bond donors (Lipinski definition) is 2. The molecule has 1 aromatic heterocycles. The van der Waals surface area contributed by atoms with Crippen molar-refractivity contribution >= 4 is 46.4 Å². The number of thiocarbonyl (C=S) groups is 1. The Kier molecular flexibility index (Phi) is 7.66. The van der Waals surface area contributed by atoms with Crippen molar-refractivity contribution in [2.24, 2.45) is 0 Å². The molecule has 4 rings (SSSR count). The van der Waals surface area contributed by atoms with Gasteiger partial charge in [-0.15, -0.1) is 0 Å². The number of aromatic nitrogens is 1. The zero-order valence-electron chi connectivity index (χ0n) is 17.6. The van der Waals surface area contributed by atoms with Crippen molar-refractivity contribution in [2.75, 3.05) is 11.9 Å². The maximum Gasteiger partial charge on any atom is 0.170 e. The molecular formula is C25H25ClFN3S2. The Hall–Kier alpha value is -2.15. The van der Waals surface area contributed by atoms with Gasteiger partial charge >= 0.3 is 0 Å². The average molecular weight is 486 g/mol. The molecule has 0 spiro atoms. The first-order valence-corrected chi connectivity index (χ1v) is 12.3. The molecule has 7 heteroatoms. The van der Waals surface area contributed by atoms with Gasteiger partial charge in [0.2, 0.25) is 0 Å². The van der Waals surface area contributed by atoms with Gasteiger partial charge in [0, 0.05) is 21.9 Å². The molecule has 1 fully saturated rings. The zero-order chi connectivity index (χ0) is 22.4. The SMILES string of the molecule is Fc1ccc(C2(CNC(=S)Nc3ccc(Sc4ccc(Cl)cc4)nc3)CCCCC2)cc1. The van der Waals surface area contributed by atoms with Gasteiger partial charge in [-0.3, -0.25) is 0 Å². The molecule has 1 aliphatic rings. The standard InChI is InChI=1S/C25H25ClFN3S2/c26-19-6-11-22(12-7-19)32-23-13-10-21(16-28-23)30-24(31)29-17-25(14-2-1-3-15-25)18-4-8-20(27)9-5-18/h4-13,16H,1-3,14-15,17H2,(H2,29,30,31). The number of pyridine rings is 1. The molecule has 1 heterocycles. The van der Waals surface area contributed by atoms with E-state index in [-0.39, 0.29) is 11.2 Å². The molecule has 32 heavy (non-hydrogen) atoms. The van der Waals surface area contributed by atoms with Gasteiger partial charge in [0.05, 0.1) is 11.9 Å². The second-order valence-corrected chi connectivity index (χ2v) is 10.0. The second-order valence-electron chi connectivity index (χ2n) is 8.10. The topological polar surface area (TPSA) is 37.0 Å². The van der Waals surface area contributed by atoms with Crippen LogP contribution in [0, 0.1) is 5.82 Å². The Morgan fingerprint density at radius 3 is 2.38 bits per heavy atom. The van der Waals surface area contributed by atoms with Crippen molar-refractivity contribution in [1.29, 1.82) is 0 Å². The summed E-state index contributed by atoms with van der Waals surface area (Å²) in [6, 6.07) is 18.6. The monoisotopic (exact) mass is 485 g/mol. The number of benzene rings is 2. The Morgan fingerprint density at radius 1 is 1.00 bits per heavy atom. The van der Waals surface area contributed by atoms with Crippen LogP contribution >= 0.6 is 35.6 Å². The highest BCUT2D eigenvalue weighted by Crippen LogP contribution is 2.39. The number of rotatable bonds is 6. The van der Waals surface area contributed by atoms with E-state index in [9.17, 15) is 4.39 Å². The summed E-state index contributed by atoms with van der Waals surface area (Å²) in [6.45, 7) is 0.725. The van der Waals surface area contributed by atoms with Gasteiger partial charge in [0.1, 0.15) is 10.8 Å². The molecule has 166 valence electrons. The number of hydrogen-bond acceptors (Lipinski definition) is 3. The van der Waals surface area contributed by atoms with Crippen LogP contribution in [-0.2, 0) is 5.41 Å². The normalized spacial score (nSPS) is 15.2. The van der Waals surface area contributed by atoms with E-state index in [4.69, 9.17) is 23.8 Å². The van der Waals surface area contributed by atoms with Gasteiger partial charge in [-0.05, 0) is 79.2 Å². The van der Waals surface area contributed by atoms with Crippen LogP contribution in [0.2, 0.25) is 5.02 Å². The summed E-state index contributed by atoms with van der Waals surface area (Å²) >= 11 is 13.1. The largest absolute Gasteiger partial charge is 0.362 e. The van der Waals surface area contributed by atoms with E-state index < -0.39 is 0 Å². The van der Waals surface area contributed by atoms with Crippen LogP contribution in [0.5, 0.6) is 0 Å². The van der Waals surface area contributed by atoms with Crippen LogP contribution in [0.25, 0.3) is 0 Å². The number of nitrogens with one attached hydrogen (secondary N) is 2. The number of anilines is 1. The predicted molar refractivity (Wildman–Crippen MR) is 135 cm³/mol. The van der Waals surface area contributed by atoms with E-state index in [1.165, 1.54) is 24.8 Å². The quantitative estimate of drug-likeness (QED) is 0.360. The molecule has 0 atom stereocenters. The number of halogens is 2. The van der Waals surface area contributed by atoms with Crippen LogP contribution in [0.15, 0.2) is 76.8 Å². The molecular weight excluding hydrogens is 461 g/mol. The van der Waals surface area contributed by atoms with Gasteiger partial charge in [-0.25, -0.2) is 9.37 Å². The highest BCUT2D eigenvalue weighted by Gasteiger charge is 2.34. The summed E-state index contributed by atoms with van der Waals surface area (Å²) in [7, 11) is 0. The van der Waals surface area contributed by atoms with Crippen molar-refractivity contribution in [3.05, 3.63) is 83.3 Å². The fourth-order valence-corrected chi connectivity index (χ4v) is 5.23. The van der Waals surface area contributed by atoms with Crippen molar-refractivity contribution in [3.63, 3.8) is 0 Å². The van der Waals surface area contributed by atoms with Gasteiger partial charge in [-0.1, -0.05) is 54.8 Å². The zero-order valence-corrected chi connectivity index (χ0v) is 20.0. The third kappa shape index (κ3) is 6.00. The summed E-state index contributed by atoms with van der Waals surface area (Å²) in [5.41, 5.74) is 2.00. The second kappa shape index (κ2) is 10.6. The lowest BCUT2D eigenvalue weighted by Crippen LogP contribution is -2.43. The van der Waals surface area contributed by atoms with Crippen molar-refractivity contribution in [2.45, 2.75) is 47.4 Å². The summed E-state index contributed by atoms with van der Waals surface area (Å²) in [5.74, 6) is -0.199. The maximum absolute atomic E-state index is 13.4. The molecule has 3 aromatic rings. The molecule has 1 aliphatic carbocycles. The lowest BCUT2D eigenvalue weighted by Gasteiger charge is -2.38. The first kappa shape index (κ1) is 23.0. The molecule has 1 saturated carbocycles. The van der Waals surface area contributed by atoms with Crippen molar-refractivity contribution in [1.82, 2.24) is 10.3 Å². The van der Waals surface area contributed by atoms with Gasteiger partial charge in [0.15, 0.2) is 5.11 Å². The van der Waals surface area contributed by atoms with Crippen molar-refractivity contribution < 1.29 is 4.39 Å². The van der Waals surface area contributed by atoms with E-state index in [1.807, 2.05) is 48.5 Å². The van der Waals surface area contributed by atoms with E-state index >= 15 is 0 Å². The minimum Gasteiger partial charge on any atom is -0.362 e. The highest BCUT2D eigenvalue weighted by molar-refractivity contribution is 7.99. The average Bonchev–Trinajstić information content (AvgIpc) is 2.82. The lowest BCUT2D eigenvalue weighted by atomic mass is 9.69. The fraction of sp³-hybridized carbons (Fsp3) is 0.280. The fourth-order valence-electron chi connectivity index (χ4n) is 4.16. The molecule has 3 nitrogen and oxygen atoms in total. The first-order chi connectivity index (χ1) is 15.5. The van der Waals surface area contributed by atoms with E-state index in [2.05, 4.69) is 15.6 Å². The van der Waals surface area contributed by atoms with Gasteiger partial charge < -0.3 is 10.6 Å². The molecule has 0 aliphatic heterocycles. The van der Waals surface area contributed by atoms with Gasteiger partial charge in [0.25, 0.3) is 0 Å². The molecule has 0 unspecified atom stereocenters. The van der Waals surface area contributed by atoms with E-state index in [1.54, 1.807) is 30.1 Å². The molecule has 0 radical (unpaired) electrons. The Balaban J connectivity index is 1.35. The third-order valence-corrected chi connectivity index (χ3v) is 7.34. The minimum absolute atomic E-state index is 0.0188. The van der Waals surface area contributed by atoms with Crippen LogP contribution in [0.1, 0.15) is 37.7 Å². The molecule has 0 amide bonds. The summed E-state index contributed by atoms with van der Waals surface area (Å²) in [4.78, 5) is 5.60. The third-order valence-electron chi connectivity index (χ3n) is 5.88. The van der Waals surface area contributed by atoms with E-state index in [0.29, 0.717) is 5.11 Å². The van der Waals surface area contributed by atoms with Gasteiger partial charge in [-0.2, -0.15) is 0 Å².